The van der Waals surface area contributed by atoms with Gasteiger partial charge in [0.1, 0.15) is 0 Å². The average molecular weight is 574 g/mol. The SMILES string of the molecule is Cc1ccc(N2c3ccccc3[Se]c3ccccc32)c2nc(-c3ccc(Cl)cc3)cc(-c3ccccc3)c12. The van der Waals surface area contributed by atoms with Crippen LogP contribution in [0.25, 0.3) is 33.3 Å². The number of aromatic nitrogens is 1. The first-order valence-electron chi connectivity index (χ1n) is 12.6. The van der Waals surface area contributed by atoms with E-state index in [2.05, 4.69) is 121 Å². The fraction of sp³-hybridized carbons (Fsp3) is 0.0294. The molecule has 1 aliphatic rings. The number of hydrogen-bond donors (Lipinski definition) is 0. The summed E-state index contributed by atoms with van der Waals surface area (Å²) in [6.07, 6.45) is 0. The van der Waals surface area contributed by atoms with Gasteiger partial charge in [0.15, 0.2) is 0 Å². The number of nitrogens with zero attached hydrogens (tertiary/aromatic N) is 2. The van der Waals surface area contributed by atoms with Gasteiger partial charge in [-0.1, -0.05) is 0 Å². The van der Waals surface area contributed by atoms with Gasteiger partial charge in [0.2, 0.25) is 0 Å². The molecular weight excluding hydrogens is 551 g/mol. The number of para-hydroxylation sites is 2. The predicted octanol–water partition coefficient (Wildman–Crippen LogP) is 7.97. The van der Waals surface area contributed by atoms with E-state index in [1.54, 1.807) is 0 Å². The van der Waals surface area contributed by atoms with E-state index in [0.29, 0.717) is 0 Å². The zero-order chi connectivity index (χ0) is 25.6. The molecule has 0 aliphatic carbocycles. The van der Waals surface area contributed by atoms with E-state index in [-0.39, 0.29) is 15.0 Å². The summed E-state index contributed by atoms with van der Waals surface area (Å²) in [4.78, 5) is 7.77. The molecule has 38 heavy (non-hydrogen) atoms. The first kappa shape index (κ1) is 23.3. The number of pyridine rings is 1. The molecular formula is C34H23ClN2Se. The number of fused-ring (bicyclic) bond motifs is 3. The standard InChI is InChI=1S/C34H23ClN2Se/c1-22-15-20-30(37-28-11-5-7-13-31(28)38-32-14-8-6-12-29(32)37)34-33(22)26(23-9-3-2-4-10-23)21-27(36-34)24-16-18-25(35)19-17-24/h2-21H,1H3. The van der Waals surface area contributed by atoms with Crippen LogP contribution in [0.15, 0.2) is 121 Å². The van der Waals surface area contributed by atoms with E-state index in [1.807, 2.05) is 12.1 Å². The third-order valence-electron chi connectivity index (χ3n) is 7.05. The first-order chi connectivity index (χ1) is 18.7. The molecule has 0 saturated carbocycles. The summed E-state index contributed by atoms with van der Waals surface area (Å²) in [5, 5.41) is 1.90. The Labute approximate surface area is 233 Å². The van der Waals surface area contributed by atoms with Gasteiger partial charge in [-0.25, -0.2) is 0 Å². The van der Waals surface area contributed by atoms with Crippen LogP contribution in [0, 0.1) is 6.92 Å². The van der Waals surface area contributed by atoms with Crippen molar-refractivity contribution < 1.29 is 0 Å². The maximum absolute atomic E-state index is 6.24. The maximum atomic E-state index is 6.24. The number of aryl methyl sites for hydroxylation is 1. The van der Waals surface area contributed by atoms with Crippen LogP contribution < -0.4 is 13.8 Å². The van der Waals surface area contributed by atoms with Gasteiger partial charge >= 0.3 is 235 Å². The van der Waals surface area contributed by atoms with Gasteiger partial charge < -0.3 is 0 Å². The van der Waals surface area contributed by atoms with Crippen LogP contribution in [-0.2, 0) is 0 Å². The van der Waals surface area contributed by atoms with Crippen molar-refractivity contribution in [2.24, 2.45) is 0 Å². The van der Waals surface area contributed by atoms with E-state index in [1.165, 1.54) is 42.4 Å². The van der Waals surface area contributed by atoms with Crippen molar-refractivity contribution in [2.75, 3.05) is 4.90 Å². The van der Waals surface area contributed by atoms with Gasteiger partial charge in [-0.15, -0.1) is 0 Å². The molecule has 0 N–H and O–H groups in total. The molecule has 0 saturated heterocycles. The van der Waals surface area contributed by atoms with Crippen LogP contribution in [0.1, 0.15) is 5.56 Å². The van der Waals surface area contributed by atoms with E-state index < -0.39 is 0 Å². The fourth-order valence-electron chi connectivity index (χ4n) is 5.25. The molecule has 2 nitrogen and oxygen atoms in total. The van der Waals surface area contributed by atoms with Crippen LogP contribution in [0.2, 0.25) is 5.02 Å². The third kappa shape index (κ3) is 3.92. The summed E-state index contributed by atoms with van der Waals surface area (Å²) in [5.74, 6) is 0. The molecule has 182 valence electrons. The minimum atomic E-state index is 0.251. The monoisotopic (exact) mass is 574 g/mol. The van der Waals surface area contributed by atoms with Gasteiger partial charge in [-0.2, -0.15) is 0 Å². The molecule has 0 atom stereocenters. The molecule has 6 aromatic rings. The van der Waals surface area contributed by atoms with Crippen molar-refractivity contribution >= 4 is 63.4 Å². The first-order valence-corrected chi connectivity index (χ1v) is 14.7. The Kier molecular flexibility index (Phi) is 5.78. The molecule has 2 heterocycles. The molecule has 0 bridgehead atoms. The van der Waals surface area contributed by atoms with Crippen LogP contribution >= 0.6 is 11.6 Å². The number of anilines is 3. The Bertz CT molecular complexity index is 1770. The van der Waals surface area contributed by atoms with Crippen LogP contribution in [-0.4, -0.2) is 19.9 Å². The summed E-state index contributed by atoms with van der Waals surface area (Å²) in [7, 11) is 0. The topological polar surface area (TPSA) is 16.1 Å². The van der Waals surface area contributed by atoms with Gasteiger partial charge in [-0.3, -0.25) is 0 Å². The summed E-state index contributed by atoms with van der Waals surface area (Å²) < 4.78 is 2.76. The van der Waals surface area contributed by atoms with E-state index in [0.717, 1.165) is 27.5 Å². The normalized spacial score (nSPS) is 12.3. The number of benzene rings is 5. The van der Waals surface area contributed by atoms with Gasteiger partial charge in [0.25, 0.3) is 0 Å². The summed E-state index contributed by atoms with van der Waals surface area (Å²) in [6, 6.07) is 42.8. The van der Waals surface area contributed by atoms with Crippen molar-refractivity contribution in [2.45, 2.75) is 6.92 Å². The molecule has 1 aromatic heterocycles. The molecule has 0 spiro atoms. The molecule has 0 unspecified atom stereocenters. The molecule has 0 fully saturated rings. The Balaban J connectivity index is 1.58. The average Bonchev–Trinajstić information content (AvgIpc) is 2.97. The second-order valence-electron chi connectivity index (χ2n) is 9.43. The van der Waals surface area contributed by atoms with Gasteiger partial charge in [0.05, 0.1) is 0 Å². The van der Waals surface area contributed by atoms with Gasteiger partial charge in [0, 0.05) is 0 Å². The molecule has 1 aliphatic heterocycles. The van der Waals surface area contributed by atoms with E-state index in [4.69, 9.17) is 16.6 Å². The molecule has 0 radical (unpaired) electrons. The predicted molar refractivity (Wildman–Crippen MR) is 162 cm³/mol. The Morgan fingerprint density at radius 3 is 1.95 bits per heavy atom. The van der Waals surface area contributed by atoms with Crippen LogP contribution in [0.4, 0.5) is 17.1 Å². The van der Waals surface area contributed by atoms with E-state index in [9.17, 15) is 0 Å². The third-order valence-corrected chi connectivity index (χ3v) is 9.67. The molecule has 0 amide bonds. The van der Waals surface area contributed by atoms with Crippen LogP contribution in [0.5, 0.6) is 0 Å². The molecule has 7 rings (SSSR count). The summed E-state index contributed by atoms with van der Waals surface area (Å²) in [5.41, 5.74) is 10.1. The van der Waals surface area contributed by atoms with Crippen molar-refractivity contribution in [1.29, 1.82) is 0 Å². The minimum absolute atomic E-state index is 0.251. The second kappa shape index (κ2) is 9.45. The Hall–Kier alpha value is -3.88. The second-order valence-corrected chi connectivity index (χ2v) is 12.1. The fourth-order valence-corrected chi connectivity index (χ4v) is 7.60. The molecule has 4 heteroatoms. The zero-order valence-electron chi connectivity index (χ0n) is 20.7. The summed E-state index contributed by atoms with van der Waals surface area (Å²) >= 11 is 6.49. The van der Waals surface area contributed by atoms with Crippen LogP contribution in [0.3, 0.4) is 0 Å². The molecule has 5 aromatic carbocycles. The quantitative estimate of drug-likeness (QED) is 0.199. The number of hydrogen-bond acceptors (Lipinski definition) is 2. The van der Waals surface area contributed by atoms with E-state index >= 15 is 0 Å². The van der Waals surface area contributed by atoms with Crippen molar-refractivity contribution in [3.63, 3.8) is 0 Å². The van der Waals surface area contributed by atoms with Crippen molar-refractivity contribution in [3.05, 3.63) is 132 Å². The van der Waals surface area contributed by atoms with Gasteiger partial charge in [-0.05, 0) is 0 Å². The van der Waals surface area contributed by atoms with Crippen molar-refractivity contribution in [3.8, 4) is 22.4 Å². The zero-order valence-corrected chi connectivity index (χ0v) is 23.2. The number of halogens is 1. The summed E-state index contributed by atoms with van der Waals surface area (Å²) in [6.45, 7) is 2.18. The number of rotatable bonds is 3. The Morgan fingerprint density at radius 2 is 1.26 bits per heavy atom. The Morgan fingerprint density at radius 1 is 0.632 bits per heavy atom. The van der Waals surface area contributed by atoms with Crippen molar-refractivity contribution in [1.82, 2.24) is 4.98 Å².